The van der Waals surface area contributed by atoms with Crippen molar-refractivity contribution in [3.63, 3.8) is 0 Å². The molecule has 0 radical (unpaired) electrons. The van der Waals surface area contributed by atoms with Gasteiger partial charge in [-0.15, -0.1) is 0 Å². The Morgan fingerprint density at radius 3 is 2.38 bits per heavy atom. The molecule has 5 rings (SSSR count). The van der Waals surface area contributed by atoms with Crippen LogP contribution in [0.15, 0.2) is 77.7 Å². The summed E-state index contributed by atoms with van der Waals surface area (Å²) in [6, 6.07) is 19.0. The number of fused-ring (bicyclic) bond motifs is 1. The molecule has 0 saturated carbocycles. The first-order valence-corrected chi connectivity index (χ1v) is 17.1. The molecule has 0 bridgehead atoms. The van der Waals surface area contributed by atoms with Crippen LogP contribution in [-0.4, -0.2) is 46.5 Å². The molecule has 1 atom stereocenters. The van der Waals surface area contributed by atoms with E-state index in [0.717, 1.165) is 42.0 Å². The number of rotatable bonds is 10. The van der Waals surface area contributed by atoms with Crippen molar-refractivity contribution < 1.29 is 32.2 Å². The molecule has 1 amide bonds. The van der Waals surface area contributed by atoms with E-state index in [1.807, 2.05) is 30.3 Å². The van der Waals surface area contributed by atoms with Crippen LogP contribution in [0.3, 0.4) is 0 Å². The first-order valence-electron chi connectivity index (χ1n) is 14.5. The topological polar surface area (TPSA) is 111 Å². The van der Waals surface area contributed by atoms with Crippen molar-refractivity contribution >= 4 is 62.4 Å². The van der Waals surface area contributed by atoms with Crippen molar-refractivity contribution in [3.8, 4) is 17.2 Å². The molecule has 1 unspecified atom stereocenters. The number of nitrogens with zero attached hydrogens (tertiary/aromatic N) is 1. The van der Waals surface area contributed by atoms with E-state index in [1.54, 1.807) is 31.2 Å². The zero-order valence-corrected chi connectivity index (χ0v) is 28.8. The standard InChI is InChI=1S/C34H31Cl3N2O7S/c1-39(32(40)15-20-6-4-8-25(14-20)44-2)29-9-5-7-21-10-12-24(19-26(21)29)38-47(42,43)31-16-22(11-13-30(31)45-3)34(41)46-33-27(36)17-23(35)18-28(33)37/h4,6,8,10-14,16-19,29,38H,5,7,9,15H2,1-3H3. The normalized spacial score (nSPS) is 14.1. The Morgan fingerprint density at radius 1 is 0.936 bits per heavy atom. The monoisotopic (exact) mass is 716 g/mol. The van der Waals surface area contributed by atoms with Crippen molar-refractivity contribution in [2.45, 2.75) is 36.6 Å². The van der Waals surface area contributed by atoms with Gasteiger partial charge in [0.2, 0.25) is 5.91 Å². The fourth-order valence-corrected chi connectivity index (χ4v) is 7.64. The third-order valence-corrected chi connectivity index (χ3v) is 10.1. The van der Waals surface area contributed by atoms with E-state index in [9.17, 15) is 18.0 Å². The number of likely N-dealkylation sites (N-methyl/N-ethyl adjacent to an activating group) is 1. The number of amides is 1. The maximum atomic E-state index is 13.7. The number of nitrogens with one attached hydrogen (secondary N) is 1. The Morgan fingerprint density at radius 2 is 1.68 bits per heavy atom. The lowest BCUT2D eigenvalue weighted by atomic mass is 9.86. The van der Waals surface area contributed by atoms with Gasteiger partial charge in [-0.25, -0.2) is 13.2 Å². The van der Waals surface area contributed by atoms with Crippen LogP contribution in [0, 0.1) is 0 Å². The average Bonchev–Trinajstić information content (AvgIpc) is 3.05. The average molecular weight is 718 g/mol. The zero-order chi connectivity index (χ0) is 33.9. The highest BCUT2D eigenvalue weighted by molar-refractivity contribution is 7.92. The Labute approximate surface area is 288 Å². The van der Waals surface area contributed by atoms with Crippen molar-refractivity contribution in [2.75, 3.05) is 26.0 Å². The summed E-state index contributed by atoms with van der Waals surface area (Å²) < 4.78 is 46.1. The van der Waals surface area contributed by atoms with Crippen molar-refractivity contribution in [1.29, 1.82) is 0 Å². The predicted octanol–water partition coefficient (Wildman–Crippen LogP) is 7.76. The van der Waals surface area contributed by atoms with Gasteiger partial charge in [0.25, 0.3) is 10.0 Å². The van der Waals surface area contributed by atoms with E-state index in [-0.39, 0.29) is 55.4 Å². The molecule has 1 aliphatic rings. The molecule has 0 fully saturated rings. The number of aryl methyl sites for hydroxylation is 1. The highest BCUT2D eigenvalue weighted by Crippen LogP contribution is 2.38. The molecule has 0 spiro atoms. The lowest BCUT2D eigenvalue weighted by molar-refractivity contribution is -0.131. The van der Waals surface area contributed by atoms with Crippen LogP contribution in [0.25, 0.3) is 0 Å². The molecule has 47 heavy (non-hydrogen) atoms. The quantitative estimate of drug-likeness (QED) is 0.132. The lowest BCUT2D eigenvalue weighted by Gasteiger charge is -2.34. The molecule has 0 saturated heterocycles. The highest BCUT2D eigenvalue weighted by Gasteiger charge is 2.29. The van der Waals surface area contributed by atoms with Crippen LogP contribution in [0.1, 0.15) is 45.9 Å². The van der Waals surface area contributed by atoms with Gasteiger partial charge in [0.1, 0.15) is 16.4 Å². The lowest BCUT2D eigenvalue weighted by Crippen LogP contribution is -2.34. The second-order valence-corrected chi connectivity index (χ2v) is 13.8. The van der Waals surface area contributed by atoms with Crippen molar-refractivity contribution in [1.82, 2.24) is 4.90 Å². The minimum atomic E-state index is -4.28. The molecule has 4 aromatic carbocycles. The third kappa shape index (κ3) is 7.79. The van der Waals surface area contributed by atoms with E-state index < -0.39 is 16.0 Å². The Balaban J connectivity index is 1.39. The summed E-state index contributed by atoms with van der Waals surface area (Å²) in [6.07, 6.45) is 2.60. The largest absolute Gasteiger partial charge is 0.497 e. The molecule has 0 aliphatic heterocycles. The van der Waals surface area contributed by atoms with Crippen molar-refractivity contribution in [2.24, 2.45) is 0 Å². The minimum absolute atomic E-state index is 0.00955. The molecule has 9 nitrogen and oxygen atoms in total. The van der Waals surface area contributed by atoms with Gasteiger partial charge >= 0.3 is 5.97 Å². The molecule has 13 heteroatoms. The second-order valence-electron chi connectivity index (χ2n) is 10.9. The van der Waals surface area contributed by atoms with E-state index in [2.05, 4.69) is 4.72 Å². The van der Waals surface area contributed by atoms with Crippen molar-refractivity contribution in [3.05, 3.63) is 110 Å². The number of sulfonamides is 1. The van der Waals surface area contributed by atoms with Gasteiger partial charge < -0.3 is 19.1 Å². The van der Waals surface area contributed by atoms with Crippen LogP contribution in [0.2, 0.25) is 15.1 Å². The van der Waals surface area contributed by atoms with Crippen LogP contribution in [-0.2, 0) is 27.7 Å². The van der Waals surface area contributed by atoms with Gasteiger partial charge in [0.15, 0.2) is 5.75 Å². The van der Waals surface area contributed by atoms with Crippen LogP contribution in [0.5, 0.6) is 17.2 Å². The third-order valence-electron chi connectivity index (χ3n) is 7.88. The first-order chi connectivity index (χ1) is 22.4. The summed E-state index contributed by atoms with van der Waals surface area (Å²) in [5.74, 6) is -0.399. The number of hydrogen-bond donors (Lipinski definition) is 1. The maximum absolute atomic E-state index is 13.7. The number of esters is 1. The summed E-state index contributed by atoms with van der Waals surface area (Å²) in [6.45, 7) is 0. The molecule has 246 valence electrons. The Bertz CT molecular complexity index is 1930. The highest BCUT2D eigenvalue weighted by atomic mass is 35.5. The number of ether oxygens (including phenoxy) is 3. The maximum Gasteiger partial charge on any atom is 0.343 e. The summed E-state index contributed by atoms with van der Waals surface area (Å²) in [7, 11) is 0.382. The zero-order valence-electron chi connectivity index (χ0n) is 25.7. The summed E-state index contributed by atoms with van der Waals surface area (Å²) in [4.78, 5) is 27.8. The number of methoxy groups -OCH3 is 2. The van der Waals surface area contributed by atoms with Crippen LogP contribution < -0.4 is 18.9 Å². The molecule has 4 aromatic rings. The Kier molecular flexibility index (Phi) is 10.6. The summed E-state index contributed by atoms with van der Waals surface area (Å²) >= 11 is 18.3. The van der Waals surface area contributed by atoms with Gasteiger partial charge in [0.05, 0.1) is 42.3 Å². The van der Waals surface area contributed by atoms with Gasteiger partial charge in [-0.2, -0.15) is 0 Å². The molecular formula is C34H31Cl3N2O7S. The number of benzene rings is 4. The first kappa shape index (κ1) is 34.4. The smallest absolute Gasteiger partial charge is 0.343 e. The van der Waals surface area contributed by atoms with Gasteiger partial charge in [-0.3, -0.25) is 9.52 Å². The van der Waals surface area contributed by atoms with E-state index in [0.29, 0.717) is 11.4 Å². The number of carbonyl (C=O) groups is 2. The number of halogens is 3. The molecule has 0 aromatic heterocycles. The fraction of sp³-hybridized carbons (Fsp3) is 0.235. The number of carbonyl (C=O) groups excluding carboxylic acids is 2. The van der Waals surface area contributed by atoms with Gasteiger partial charge in [0, 0.05) is 17.8 Å². The second kappa shape index (κ2) is 14.4. The van der Waals surface area contributed by atoms with Crippen LogP contribution in [0.4, 0.5) is 5.69 Å². The molecular weight excluding hydrogens is 687 g/mol. The predicted molar refractivity (Wildman–Crippen MR) is 182 cm³/mol. The molecule has 0 heterocycles. The Hall–Kier alpha value is -3.96. The fourth-order valence-electron chi connectivity index (χ4n) is 5.50. The summed E-state index contributed by atoms with van der Waals surface area (Å²) in [5, 5.41) is 0.276. The number of hydrogen-bond acceptors (Lipinski definition) is 7. The SMILES string of the molecule is COc1cccc(CC(=O)N(C)C2CCCc3ccc(NS(=O)(=O)c4cc(C(=O)Oc5c(Cl)cc(Cl)cc5Cl)ccc4OC)cc32)c1. The van der Waals surface area contributed by atoms with E-state index in [4.69, 9.17) is 49.0 Å². The number of anilines is 1. The molecule has 1 aliphatic carbocycles. The van der Waals surface area contributed by atoms with Crippen LogP contribution >= 0.6 is 34.8 Å². The van der Waals surface area contributed by atoms with Gasteiger partial charge in [-0.1, -0.05) is 53.0 Å². The molecule has 1 N–H and O–H groups in total. The van der Waals surface area contributed by atoms with E-state index >= 15 is 0 Å². The minimum Gasteiger partial charge on any atom is -0.497 e. The van der Waals surface area contributed by atoms with E-state index in [1.165, 1.54) is 31.4 Å². The van der Waals surface area contributed by atoms with Gasteiger partial charge in [-0.05, 0) is 90.6 Å². The summed E-state index contributed by atoms with van der Waals surface area (Å²) in [5.41, 5.74) is 2.93.